The predicted octanol–water partition coefficient (Wildman–Crippen LogP) is 3.31. The van der Waals surface area contributed by atoms with Crippen molar-refractivity contribution in [1.82, 2.24) is 9.21 Å². The molecule has 2 aromatic carbocycles. The van der Waals surface area contributed by atoms with E-state index < -0.39 is 10.0 Å². The number of rotatable bonds is 5. The van der Waals surface area contributed by atoms with Gasteiger partial charge < -0.3 is 4.90 Å². The van der Waals surface area contributed by atoms with E-state index in [-0.39, 0.29) is 10.8 Å². The maximum atomic E-state index is 13.0. The minimum atomic E-state index is -3.60. The van der Waals surface area contributed by atoms with Crippen LogP contribution in [0.1, 0.15) is 46.3 Å². The second-order valence-corrected chi connectivity index (χ2v) is 9.35. The van der Waals surface area contributed by atoms with Gasteiger partial charge in [0.05, 0.1) is 16.5 Å². The highest BCUT2D eigenvalue weighted by Gasteiger charge is 2.27. The second kappa shape index (κ2) is 8.76. The summed E-state index contributed by atoms with van der Waals surface area (Å²) in [6, 6.07) is 13.9. The molecule has 0 spiro atoms. The molecule has 29 heavy (non-hydrogen) atoms. The van der Waals surface area contributed by atoms with Crippen LogP contribution in [0.5, 0.6) is 0 Å². The van der Waals surface area contributed by atoms with Crippen LogP contribution in [0.25, 0.3) is 0 Å². The molecule has 1 fully saturated rings. The summed E-state index contributed by atoms with van der Waals surface area (Å²) in [5, 5.41) is 9.04. The quantitative estimate of drug-likeness (QED) is 0.756. The van der Waals surface area contributed by atoms with E-state index in [2.05, 4.69) is 6.07 Å². The van der Waals surface area contributed by atoms with Crippen molar-refractivity contribution in [3.05, 3.63) is 64.7 Å². The Morgan fingerprint density at radius 1 is 1.14 bits per heavy atom. The third-order valence-corrected chi connectivity index (χ3v) is 7.11. The first-order valence-corrected chi connectivity index (χ1v) is 11.1. The summed E-state index contributed by atoms with van der Waals surface area (Å²) in [5.41, 5.74) is 2.48. The Hall–Kier alpha value is -2.69. The molecule has 1 saturated heterocycles. The summed E-state index contributed by atoms with van der Waals surface area (Å²) in [7, 11) is -1.93. The van der Waals surface area contributed by atoms with E-state index in [1.54, 1.807) is 44.3 Å². The highest BCUT2D eigenvalue weighted by molar-refractivity contribution is 7.89. The number of piperidine rings is 1. The van der Waals surface area contributed by atoms with Gasteiger partial charge in [-0.05, 0) is 55.2 Å². The minimum Gasteiger partial charge on any atom is -0.337 e. The molecule has 1 amide bonds. The summed E-state index contributed by atoms with van der Waals surface area (Å²) in [4.78, 5) is 14.7. The Labute approximate surface area is 172 Å². The van der Waals surface area contributed by atoms with E-state index in [9.17, 15) is 13.2 Å². The lowest BCUT2D eigenvalue weighted by Crippen LogP contribution is -2.35. The van der Waals surface area contributed by atoms with E-state index >= 15 is 0 Å². The van der Waals surface area contributed by atoms with Gasteiger partial charge in [-0.15, -0.1) is 0 Å². The molecule has 7 heteroatoms. The zero-order valence-electron chi connectivity index (χ0n) is 16.8. The third-order valence-electron chi connectivity index (χ3n) is 5.21. The summed E-state index contributed by atoms with van der Waals surface area (Å²) < 4.78 is 27.5. The molecule has 6 nitrogen and oxygen atoms in total. The van der Waals surface area contributed by atoms with E-state index in [0.717, 1.165) is 30.4 Å². The lowest BCUT2D eigenvalue weighted by Gasteiger charge is -2.26. The molecule has 0 aromatic heterocycles. The molecule has 1 aliphatic heterocycles. The van der Waals surface area contributed by atoms with Gasteiger partial charge in [0.1, 0.15) is 0 Å². The van der Waals surface area contributed by atoms with Gasteiger partial charge >= 0.3 is 0 Å². The van der Waals surface area contributed by atoms with Gasteiger partial charge in [0.25, 0.3) is 5.91 Å². The van der Waals surface area contributed by atoms with Crippen molar-refractivity contribution in [2.75, 3.05) is 20.1 Å². The first-order chi connectivity index (χ1) is 13.8. The van der Waals surface area contributed by atoms with Crippen molar-refractivity contribution in [2.24, 2.45) is 0 Å². The molecular formula is C22H25N3O3S. The van der Waals surface area contributed by atoms with Crippen LogP contribution in [0, 0.1) is 18.3 Å². The number of nitrogens with zero attached hydrogens (tertiary/aromatic N) is 3. The fourth-order valence-electron chi connectivity index (χ4n) is 3.54. The van der Waals surface area contributed by atoms with Crippen molar-refractivity contribution in [2.45, 2.75) is 37.6 Å². The Morgan fingerprint density at radius 2 is 1.86 bits per heavy atom. The lowest BCUT2D eigenvalue weighted by atomic mass is 10.1. The van der Waals surface area contributed by atoms with Gasteiger partial charge in [0, 0.05) is 32.2 Å². The highest BCUT2D eigenvalue weighted by atomic mass is 32.2. The molecule has 1 heterocycles. The normalized spacial score (nSPS) is 14.9. The molecule has 152 valence electrons. The Bertz CT molecular complexity index is 1050. The van der Waals surface area contributed by atoms with Gasteiger partial charge in [-0.3, -0.25) is 4.79 Å². The topological polar surface area (TPSA) is 81.5 Å². The Balaban J connectivity index is 1.85. The van der Waals surface area contributed by atoms with Crippen molar-refractivity contribution in [3.63, 3.8) is 0 Å². The molecule has 0 unspecified atom stereocenters. The van der Waals surface area contributed by atoms with Crippen LogP contribution in [0.4, 0.5) is 0 Å². The number of carbonyl (C=O) groups is 1. The zero-order chi connectivity index (χ0) is 21.0. The zero-order valence-corrected chi connectivity index (χ0v) is 17.6. The Morgan fingerprint density at radius 3 is 2.55 bits per heavy atom. The molecule has 0 radical (unpaired) electrons. The number of aryl methyl sites for hydroxylation is 1. The van der Waals surface area contributed by atoms with Gasteiger partial charge in [-0.25, -0.2) is 8.42 Å². The summed E-state index contributed by atoms with van der Waals surface area (Å²) >= 11 is 0. The SMILES string of the molecule is Cc1ccc(S(=O)(=O)N2CCCCC2)cc1C(=O)N(C)Cc1cccc(C#N)c1. The van der Waals surface area contributed by atoms with Crippen molar-refractivity contribution in [3.8, 4) is 6.07 Å². The molecule has 2 aromatic rings. The number of hydrogen-bond donors (Lipinski definition) is 0. The van der Waals surface area contributed by atoms with Crippen molar-refractivity contribution < 1.29 is 13.2 Å². The molecule has 0 saturated carbocycles. The van der Waals surface area contributed by atoms with E-state index in [4.69, 9.17) is 5.26 Å². The van der Waals surface area contributed by atoms with Gasteiger partial charge in [-0.2, -0.15) is 9.57 Å². The van der Waals surface area contributed by atoms with Crippen molar-refractivity contribution >= 4 is 15.9 Å². The maximum absolute atomic E-state index is 13.0. The summed E-state index contributed by atoms with van der Waals surface area (Å²) in [6.45, 7) is 3.18. The minimum absolute atomic E-state index is 0.160. The standard InChI is InChI=1S/C22H25N3O3S/c1-17-9-10-20(29(27,28)25-11-4-3-5-12-25)14-21(17)22(26)24(2)16-19-8-6-7-18(13-19)15-23/h6-10,13-14H,3-5,11-12,16H2,1-2H3. The fraction of sp³-hybridized carbons (Fsp3) is 0.364. The number of nitriles is 1. The van der Waals surface area contributed by atoms with E-state index in [1.807, 2.05) is 6.07 Å². The highest BCUT2D eigenvalue weighted by Crippen LogP contribution is 2.23. The van der Waals surface area contributed by atoms with Gasteiger partial charge in [0.2, 0.25) is 10.0 Å². The molecule has 0 N–H and O–H groups in total. The fourth-order valence-corrected chi connectivity index (χ4v) is 5.08. The maximum Gasteiger partial charge on any atom is 0.254 e. The van der Waals surface area contributed by atoms with Crippen LogP contribution in [0.15, 0.2) is 47.4 Å². The van der Waals surface area contributed by atoms with Crippen LogP contribution < -0.4 is 0 Å². The van der Waals surface area contributed by atoms with Gasteiger partial charge in [-0.1, -0.05) is 24.6 Å². The van der Waals surface area contributed by atoms with Crippen LogP contribution in [0.2, 0.25) is 0 Å². The van der Waals surface area contributed by atoms with Crippen LogP contribution in [-0.2, 0) is 16.6 Å². The summed E-state index contributed by atoms with van der Waals surface area (Å²) in [5.74, 6) is -0.249. The summed E-state index contributed by atoms with van der Waals surface area (Å²) in [6.07, 6.45) is 2.77. The molecular weight excluding hydrogens is 386 g/mol. The van der Waals surface area contributed by atoms with Crippen molar-refractivity contribution in [1.29, 1.82) is 5.26 Å². The first kappa shape index (κ1) is 21.0. The smallest absolute Gasteiger partial charge is 0.254 e. The van der Waals surface area contributed by atoms with Gasteiger partial charge in [0.15, 0.2) is 0 Å². The van der Waals surface area contributed by atoms with Crippen LogP contribution in [0.3, 0.4) is 0 Å². The number of hydrogen-bond acceptors (Lipinski definition) is 4. The largest absolute Gasteiger partial charge is 0.337 e. The van der Waals surface area contributed by atoms with E-state index in [1.165, 1.54) is 15.3 Å². The monoisotopic (exact) mass is 411 g/mol. The molecule has 0 aliphatic carbocycles. The second-order valence-electron chi connectivity index (χ2n) is 7.41. The molecule has 1 aliphatic rings. The average Bonchev–Trinajstić information content (AvgIpc) is 2.74. The molecule has 0 atom stereocenters. The number of sulfonamides is 1. The number of amides is 1. The predicted molar refractivity (Wildman–Crippen MR) is 111 cm³/mol. The number of carbonyl (C=O) groups excluding carboxylic acids is 1. The first-order valence-electron chi connectivity index (χ1n) is 9.68. The Kier molecular flexibility index (Phi) is 6.36. The van der Waals surface area contributed by atoms with Crippen LogP contribution in [-0.4, -0.2) is 43.7 Å². The number of benzene rings is 2. The average molecular weight is 412 g/mol. The lowest BCUT2D eigenvalue weighted by molar-refractivity contribution is 0.0784. The van der Waals surface area contributed by atoms with E-state index in [0.29, 0.717) is 30.8 Å². The third kappa shape index (κ3) is 4.66. The molecule has 3 rings (SSSR count). The molecule has 0 bridgehead atoms. The van der Waals surface area contributed by atoms with Crippen LogP contribution >= 0.6 is 0 Å².